The maximum Gasteiger partial charge on any atom is 0.254 e. The molecule has 0 aliphatic carbocycles. The molecule has 1 aromatic heterocycles. The van der Waals surface area contributed by atoms with E-state index in [2.05, 4.69) is 10.3 Å². The molecule has 1 amide bonds. The Hall–Kier alpha value is -2.63. The fraction of sp³-hybridized carbons (Fsp3) is 0.217. The van der Waals surface area contributed by atoms with Crippen molar-refractivity contribution in [3.63, 3.8) is 0 Å². The minimum absolute atomic E-state index is 0.204. The van der Waals surface area contributed by atoms with E-state index >= 15 is 0 Å². The van der Waals surface area contributed by atoms with Gasteiger partial charge in [-0.3, -0.25) is 4.79 Å². The quantitative estimate of drug-likeness (QED) is 0.499. The van der Waals surface area contributed by atoms with E-state index in [1.165, 1.54) is 12.1 Å². The van der Waals surface area contributed by atoms with E-state index in [0.717, 1.165) is 5.56 Å². The van der Waals surface area contributed by atoms with Crippen LogP contribution >= 0.6 is 23.2 Å². The minimum atomic E-state index is -0.439. The molecule has 0 unspecified atom stereocenters. The number of hydrogen-bond acceptors (Lipinski definition) is 3. The lowest BCUT2D eigenvalue weighted by Crippen LogP contribution is -2.23. The second kappa shape index (κ2) is 9.02. The molecule has 0 bridgehead atoms. The van der Waals surface area contributed by atoms with Crippen molar-refractivity contribution in [3.05, 3.63) is 81.6 Å². The number of benzene rings is 2. The maximum absolute atomic E-state index is 14.3. The molecule has 0 fully saturated rings. The number of halogens is 3. The zero-order chi connectivity index (χ0) is 21.9. The first kappa shape index (κ1) is 22.1. The van der Waals surface area contributed by atoms with Crippen LogP contribution in [0.1, 0.15) is 36.7 Å². The third-order valence-corrected chi connectivity index (χ3v) is 4.73. The zero-order valence-electron chi connectivity index (χ0n) is 16.8. The molecule has 0 saturated carbocycles. The van der Waals surface area contributed by atoms with Crippen LogP contribution in [0, 0.1) is 5.82 Å². The second-order valence-corrected chi connectivity index (χ2v) is 8.49. The Kier molecular flexibility index (Phi) is 6.64. The molecule has 7 heteroatoms. The van der Waals surface area contributed by atoms with E-state index in [9.17, 15) is 9.18 Å². The van der Waals surface area contributed by atoms with Gasteiger partial charge in [-0.05, 0) is 44.5 Å². The Morgan fingerprint density at radius 2 is 1.67 bits per heavy atom. The van der Waals surface area contributed by atoms with Gasteiger partial charge in [-0.15, -0.1) is 0 Å². The SMILES string of the molecule is CC(C)(C)Oc1ccc(F)c(-c2ccc(CNC(=O)c3c(Cl)cccc3Cl)cc2)n1. The normalized spacial score (nSPS) is 11.3. The van der Waals surface area contributed by atoms with Gasteiger partial charge in [0.1, 0.15) is 17.1 Å². The third kappa shape index (κ3) is 5.49. The van der Waals surface area contributed by atoms with Gasteiger partial charge < -0.3 is 10.1 Å². The summed E-state index contributed by atoms with van der Waals surface area (Å²) in [6, 6.07) is 14.8. The van der Waals surface area contributed by atoms with Crippen LogP contribution in [-0.2, 0) is 6.54 Å². The molecule has 0 aliphatic rings. The lowest BCUT2D eigenvalue weighted by Gasteiger charge is -2.20. The smallest absolute Gasteiger partial charge is 0.254 e. The highest BCUT2D eigenvalue weighted by molar-refractivity contribution is 6.39. The predicted molar refractivity (Wildman–Crippen MR) is 118 cm³/mol. The van der Waals surface area contributed by atoms with Gasteiger partial charge in [-0.2, -0.15) is 0 Å². The van der Waals surface area contributed by atoms with Gasteiger partial charge in [0.05, 0.1) is 15.6 Å². The molecular weight excluding hydrogens is 426 g/mol. The van der Waals surface area contributed by atoms with Crippen molar-refractivity contribution in [1.29, 1.82) is 0 Å². The summed E-state index contributed by atoms with van der Waals surface area (Å²) in [5.74, 6) is -0.452. The molecule has 2 aromatic carbocycles. The summed E-state index contributed by atoms with van der Waals surface area (Å²) in [4.78, 5) is 16.7. The van der Waals surface area contributed by atoms with Gasteiger partial charge in [0.15, 0.2) is 0 Å². The van der Waals surface area contributed by atoms with Gasteiger partial charge in [-0.25, -0.2) is 9.37 Å². The first-order valence-electron chi connectivity index (χ1n) is 9.31. The average Bonchev–Trinajstić information content (AvgIpc) is 2.67. The van der Waals surface area contributed by atoms with Crippen molar-refractivity contribution >= 4 is 29.1 Å². The van der Waals surface area contributed by atoms with E-state index in [1.807, 2.05) is 20.8 Å². The van der Waals surface area contributed by atoms with Crippen LogP contribution in [0.15, 0.2) is 54.6 Å². The monoisotopic (exact) mass is 446 g/mol. The molecule has 30 heavy (non-hydrogen) atoms. The van der Waals surface area contributed by atoms with Gasteiger partial charge in [0.2, 0.25) is 5.88 Å². The molecule has 0 aliphatic heterocycles. The van der Waals surface area contributed by atoms with Gasteiger partial charge in [0.25, 0.3) is 5.91 Å². The summed E-state index contributed by atoms with van der Waals surface area (Å²) in [6.07, 6.45) is 0. The summed E-state index contributed by atoms with van der Waals surface area (Å²) in [5, 5.41) is 3.36. The molecule has 3 aromatic rings. The highest BCUT2D eigenvalue weighted by atomic mass is 35.5. The highest BCUT2D eigenvalue weighted by Crippen LogP contribution is 2.26. The Bertz CT molecular complexity index is 1040. The van der Waals surface area contributed by atoms with Gasteiger partial charge >= 0.3 is 0 Å². The van der Waals surface area contributed by atoms with Crippen LogP contribution < -0.4 is 10.1 Å². The van der Waals surface area contributed by atoms with Crippen molar-refractivity contribution in [1.82, 2.24) is 10.3 Å². The number of carbonyl (C=O) groups excluding carboxylic acids is 1. The topological polar surface area (TPSA) is 51.2 Å². The number of nitrogens with one attached hydrogen (secondary N) is 1. The first-order chi connectivity index (χ1) is 14.1. The Balaban J connectivity index is 1.73. The summed E-state index contributed by atoms with van der Waals surface area (Å²) in [7, 11) is 0. The van der Waals surface area contributed by atoms with Gasteiger partial charge in [0, 0.05) is 18.2 Å². The van der Waals surface area contributed by atoms with Crippen LogP contribution in [0.2, 0.25) is 10.0 Å². The van der Waals surface area contributed by atoms with Crippen molar-refractivity contribution in [2.75, 3.05) is 0 Å². The number of amides is 1. The fourth-order valence-electron chi connectivity index (χ4n) is 2.76. The lowest BCUT2D eigenvalue weighted by molar-refractivity contribution is 0.0951. The van der Waals surface area contributed by atoms with Crippen LogP contribution in [0.4, 0.5) is 4.39 Å². The lowest BCUT2D eigenvalue weighted by atomic mass is 10.1. The van der Waals surface area contributed by atoms with Crippen LogP contribution in [-0.4, -0.2) is 16.5 Å². The minimum Gasteiger partial charge on any atom is -0.472 e. The van der Waals surface area contributed by atoms with Crippen molar-refractivity contribution in [3.8, 4) is 17.1 Å². The van der Waals surface area contributed by atoms with E-state index in [4.69, 9.17) is 27.9 Å². The largest absolute Gasteiger partial charge is 0.472 e. The summed E-state index contributed by atoms with van der Waals surface area (Å²) >= 11 is 12.1. The Morgan fingerprint density at radius 1 is 1.03 bits per heavy atom. The first-order valence-corrected chi connectivity index (χ1v) is 10.1. The van der Waals surface area contributed by atoms with E-state index in [1.54, 1.807) is 42.5 Å². The standard InChI is InChI=1S/C23H21Cl2FN2O2/c1-23(2,3)30-19-12-11-18(26)21(28-19)15-9-7-14(8-10-15)13-27-22(29)20-16(24)5-4-6-17(20)25/h4-12H,13H2,1-3H3,(H,27,29). The molecule has 156 valence electrons. The number of rotatable bonds is 5. The Morgan fingerprint density at radius 3 is 2.27 bits per heavy atom. The number of hydrogen-bond donors (Lipinski definition) is 1. The van der Waals surface area contributed by atoms with Crippen molar-refractivity contribution < 1.29 is 13.9 Å². The molecule has 0 saturated heterocycles. The number of carbonyl (C=O) groups is 1. The number of aromatic nitrogens is 1. The molecule has 1 heterocycles. The summed E-state index contributed by atoms with van der Waals surface area (Å²) in [5.41, 5.74) is 1.44. The maximum atomic E-state index is 14.3. The van der Waals surface area contributed by atoms with Crippen molar-refractivity contribution in [2.24, 2.45) is 0 Å². The predicted octanol–water partition coefficient (Wildman–Crippen LogP) is 6.30. The molecule has 3 rings (SSSR count). The third-order valence-electron chi connectivity index (χ3n) is 4.10. The van der Waals surface area contributed by atoms with Crippen LogP contribution in [0.25, 0.3) is 11.3 Å². The average molecular weight is 447 g/mol. The fourth-order valence-corrected chi connectivity index (χ4v) is 3.33. The Labute approximate surface area is 185 Å². The second-order valence-electron chi connectivity index (χ2n) is 7.67. The molecule has 1 N–H and O–H groups in total. The molecule has 0 radical (unpaired) electrons. The number of pyridine rings is 1. The highest BCUT2D eigenvalue weighted by Gasteiger charge is 2.16. The van der Waals surface area contributed by atoms with E-state index in [-0.39, 0.29) is 33.8 Å². The number of nitrogens with zero attached hydrogens (tertiary/aromatic N) is 1. The molecule has 0 spiro atoms. The van der Waals surface area contributed by atoms with E-state index < -0.39 is 11.4 Å². The summed E-state index contributed by atoms with van der Waals surface area (Å²) < 4.78 is 20.0. The van der Waals surface area contributed by atoms with E-state index in [0.29, 0.717) is 11.4 Å². The zero-order valence-corrected chi connectivity index (χ0v) is 18.3. The van der Waals surface area contributed by atoms with Crippen LogP contribution in [0.5, 0.6) is 5.88 Å². The van der Waals surface area contributed by atoms with Crippen molar-refractivity contribution in [2.45, 2.75) is 32.9 Å². The molecule has 4 nitrogen and oxygen atoms in total. The molecular formula is C23H21Cl2FN2O2. The number of ether oxygens (including phenoxy) is 1. The van der Waals surface area contributed by atoms with Gasteiger partial charge in [-0.1, -0.05) is 53.5 Å². The molecule has 0 atom stereocenters. The summed E-state index contributed by atoms with van der Waals surface area (Å²) in [6.45, 7) is 5.97. The van der Waals surface area contributed by atoms with Crippen LogP contribution in [0.3, 0.4) is 0 Å².